The summed E-state index contributed by atoms with van der Waals surface area (Å²) in [6, 6.07) is 19.8. The molecule has 3 aromatic carbocycles. The Hall–Kier alpha value is -2.99. The number of aromatic nitrogens is 2. The van der Waals surface area contributed by atoms with Crippen molar-refractivity contribution in [2.45, 2.75) is 13.2 Å². The lowest BCUT2D eigenvalue weighted by atomic mass is 10.1. The summed E-state index contributed by atoms with van der Waals surface area (Å²) in [6.07, 6.45) is 3.39. The van der Waals surface area contributed by atoms with Crippen LogP contribution < -0.4 is 10.1 Å². The molecule has 32 heavy (non-hydrogen) atoms. The van der Waals surface area contributed by atoms with Gasteiger partial charge >= 0.3 is 0 Å². The van der Waals surface area contributed by atoms with Crippen LogP contribution in [0.2, 0.25) is 15.1 Å². The van der Waals surface area contributed by atoms with Crippen LogP contribution in [0, 0.1) is 0 Å². The number of amides is 1. The van der Waals surface area contributed by atoms with Crippen molar-refractivity contribution in [1.29, 1.82) is 0 Å². The monoisotopic (exact) mass is 485 g/mol. The van der Waals surface area contributed by atoms with Crippen molar-refractivity contribution >= 4 is 46.4 Å². The first kappa shape index (κ1) is 22.2. The van der Waals surface area contributed by atoms with Gasteiger partial charge < -0.3 is 10.1 Å². The zero-order valence-electron chi connectivity index (χ0n) is 16.8. The number of carbonyl (C=O) groups is 1. The average Bonchev–Trinajstić information content (AvgIpc) is 3.21. The minimum Gasteiger partial charge on any atom is -0.487 e. The van der Waals surface area contributed by atoms with E-state index < -0.39 is 0 Å². The zero-order chi connectivity index (χ0) is 22.5. The smallest absolute Gasteiger partial charge is 0.255 e. The highest BCUT2D eigenvalue weighted by atomic mass is 35.5. The third kappa shape index (κ3) is 5.82. The van der Waals surface area contributed by atoms with Crippen molar-refractivity contribution in [3.63, 3.8) is 0 Å². The van der Waals surface area contributed by atoms with Crippen molar-refractivity contribution in [2.75, 3.05) is 5.32 Å². The lowest BCUT2D eigenvalue weighted by Crippen LogP contribution is -2.12. The average molecular weight is 487 g/mol. The van der Waals surface area contributed by atoms with Gasteiger partial charge in [0.2, 0.25) is 0 Å². The van der Waals surface area contributed by atoms with E-state index in [9.17, 15) is 4.79 Å². The molecule has 8 heteroatoms. The van der Waals surface area contributed by atoms with E-state index in [-0.39, 0.29) is 12.5 Å². The summed E-state index contributed by atoms with van der Waals surface area (Å²) >= 11 is 18.0. The Kier molecular flexibility index (Phi) is 7.00. The van der Waals surface area contributed by atoms with Crippen molar-refractivity contribution in [2.24, 2.45) is 0 Å². The van der Waals surface area contributed by atoms with Gasteiger partial charge in [0.25, 0.3) is 5.91 Å². The van der Waals surface area contributed by atoms with E-state index in [0.717, 1.165) is 11.1 Å². The maximum absolute atomic E-state index is 12.7. The molecule has 4 aromatic rings. The zero-order valence-corrected chi connectivity index (χ0v) is 19.0. The van der Waals surface area contributed by atoms with Gasteiger partial charge in [-0.3, -0.25) is 9.48 Å². The minimum atomic E-state index is -0.234. The summed E-state index contributed by atoms with van der Waals surface area (Å²) < 4.78 is 7.50. The van der Waals surface area contributed by atoms with Crippen molar-refractivity contribution in [1.82, 2.24) is 9.78 Å². The first-order valence-electron chi connectivity index (χ1n) is 9.71. The Morgan fingerprint density at radius 2 is 1.72 bits per heavy atom. The molecule has 0 unspecified atom stereocenters. The number of hydrogen-bond acceptors (Lipinski definition) is 3. The van der Waals surface area contributed by atoms with E-state index in [2.05, 4.69) is 10.4 Å². The summed E-state index contributed by atoms with van der Waals surface area (Å²) in [5.74, 6) is 0.293. The van der Waals surface area contributed by atoms with E-state index in [1.807, 2.05) is 30.3 Å². The van der Waals surface area contributed by atoms with Crippen LogP contribution in [-0.2, 0) is 13.2 Å². The normalized spacial score (nSPS) is 10.7. The summed E-state index contributed by atoms with van der Waals surface area (Å²) in [5.41, 5.74) is 3.02. The lowest BCUT2D eigenvalue weighted by Gasteiger charge is -2.09. The molecular weight excluding hydrogens is 469 g/mol. The van der Waals surface area contributed by atoms with Crippen LogP contribution in [0.25, 0.3) is 0 Å². The van der Waals surface area contributed by atoms with E-state index >= 15 is 0 Å². The second-order valence-electron chi connectivity index (χ2n) is 7.07. The molecule has 0 spiro atoms. The van der Waals surface area contributed by atoms with Gasteiger partial charge in [-0.25, -0.2) is 0 Å². The van der Waals surface area contributed by atoms with Crippen molar-refractivity contribution in [3.8, 4) is 5.75 Å². The number of anilines is 1. The van der Waals surface area contributed by atoms with E-state index in [1.54, 1.807) is 53.5 Å². The second-order valence-corrected chi connectivity index (χ2v) is 8.35. The number of nitrogens with one attached hydrogen (secondary N) is 1. The Bertz CT molecular complexity index is 1240. The van der Waals surface area contributed by atoms with Gasteiger partial charge in [0.05, 0.1) is 23.5 Å². The van der Waals surface area contributed by atoms with Crippen molar-refractivity contribution in [3.05, 3.63) is 111 Å². The van der Waals surface area contributed by atoms with Gasteiger partial charge in [-0.05, 0) is 53.6 Å². The highest BCUT2D eigenvalue weighted by molar-refractivity contribution is 6.35. The second kappa shape index (κ2) is 10.1. The quantitative estimate of drug-likeness (QED) is 0.315. The first-order chi connectivity index (χ1) is 15.5. The number of carbonyl (C=O) groups excluding carboxylic acids is 1. The molecule has 4 rings (SSSR count). The molecule has 0 radical (unpaired) electrons. The Balaban J connectivity index is 1.37. The lowest BCUT2D eigenvalue weighted by molar-refractivity contribution is 0.102. The number of rotatable bonds is 7. The van der Waals surface area contributed by atoms with Gasteiger partial charge in [-0.1, -0.05) is 59.1 Å². The van der Waals surface area contributed by atoms with Crippen LogP contribution in [-0.4, -0.2) is 15.7 Å². The molecule has 1 N–H and O–H groups in total. The molecule has 0 aliphatic heterocycles. The highest BCUT2D eigenvalue weighted by Gasteiger charge is 2.10. The van der Waals surface area contributed by atoms with Gasteiger partial charge in [0.15, 0.2) is 0 Å². The van der Waals surface area contributed by atoms with Gasteiger partial charge in [-0.15, -0.1) is 0 Å². The molecule has 5 nitrogen and oxygen atoms in total. The standard InChI is InChI=1S/C24H18Cl3N3O2/c25-19-6-4-16(5-7-19)13-30-14-21(12-28-30)29-24(31)18-3-1-2-17(10-18)15-32-23-9-8-20(26)11-22(23)27/h1-12,14H,13,15H2,(H,29,31). The van der Waals surface area contributed by atoms with E-state index in [4.69, 9.17) is 39.5 Å². The fourth-order valence-electron chi connectivity index (χ4n) is 3.05. The molecule has 0 fully saturated rings. The van der Waals surface area contributed by atoms with Gasteiger partial charge in [-0.2, -0.15) is 5.10 Å². The SMILES string of the molecule is O=C(Nc1cnn(Cc2ccc(Cl)cc2)c1)c1cccc(COc2ccc(Cl)cc2Cl)c1. The number of ether oxygens (including phenoxy) is 1. The van der Waals surface area contributed by atoms with Crippen LogP contribution >= 0.6 is 34.8 Å². The molecule has 0 saturated carbocycles. The molecule has 1 heterocycles. The fourth-order valence-corrected chi connectivity index (χ4v) is 3.64. The molecule has 1 amide bonds. The molecular formula is C24H18Cl3N3O2. The van der Waals surface area contributed by atoms with Crippen molar-refractivity contribution < 1.29 is 9.53 Å². The van der Waals surface area contributed by atoms with E-state index in [1.165, 1.54) is 0 Å². The Morgan fingerprint density at radius 3 is 2.50 bits per heavy atom. The highest BCUT2D eigenvalue weighted by Crippen LogP contribution is 2.28. The van der Waals surface area contributed by atoms with Crippen LogP contribution in [0.3, 0.4) is 0 Å². The van der Waals surface area contributed by atoms with Crippen LogP contribution in [0.15, 0.2) is 79.1 Å². The molecule has 0 bridgehead atoms. The number of benzene rings is 3. The third-order valence-electron chi connectivity index (χ3n) is 4.63. The Morgan fingerprint density at radius 1 is 0.938 bits per heavy atom. The van der Waals surface area contributed by atoms with Gasteiger partial charge in [0, 0.05) is 21.8 Å². The number of halogens is 3. The number of hydrogen-bond donors (Lipinski definition) is 1. The molecule has 0 saturated heterocycles. The summed E-state index contributed by atoms with van der Waals surface area (Å²) in [5, 5.41) is 8.83. The largest absolute Gasteiger partial charge is 0.487 e. The number of nitrogens with zero attached hydrogens (tertiary/aromatic N) is 2. The molecule has 0 aliphatic rings. The molecule has 162 valence electrons. The predicted molar refractivity (Wildman–Crippen MR) is 128 cm³/mol. The summed E-state index contributed by atoms with van der Waals surface area (Å²) in [4.78, 5) is 12.7. The van der Waals surface area contributed by atoms with Crippen LogP contribution in [0.5, 0.6) is 5.75 Å². The van der Waals surface area contributed by atoms with Crippen LogP contribution in [0.1, 0.15) is 21.5 Å². The Labute approximate surface area is 200 Å². The maximum atomic E-state index is 12.7. The minimum absolute atomic E-state index is 0.234. The predicted octanol–water partition coefficient (Wildman–Crippen LogP) is 6.72. The fraction of sp³-hybridized carbons (Fsp3) is 0.0833. The summed E-state index contributed by atoms with van der Waals surface area (Å²) in [7, 11) is 0. The molecule has 1 aromatic heterocycles. The van der Waals surface area contributed by atoms with Crippen LogP contribution in [0.4, 0.5) is 5.69 Å². The van der Waals surface area contributed by atoms with Gasteiger partial charge in [0.1, 0.15) is 12.4 Å². The maximum Gasteiger partial charge on any atom is 0.255 e. The summed E-state index contributed by atoms with van der Waals surface area (Å²) in [6.45, 7) is 0.842. The first-order valence-corrected chi connectivity index (χ1v) is 10.8. The topological polar surface area (TPSA) is 56.2 Å². The third-order valence-corrected chi connectivity index (χ3v) is 5.41. The molecule has 0 aliphatic carbocycles. The van der Waals surface area contributed by atoms with E-state index in [0.29, 0.717) is 38.6 Å². The molecule has 0 atom stereocenters.